The lowest BCUT2D eigenvalue weighted by Gasteiger charge is -2.15. The molecule has 1 amide bonds. The lowest BCUT2D eigenvalue weighted by atomic mass is 10.2. The van der Waals surface area contributed by atoms with Crippen LogP contribution in [-0.4, -0.2) is 29.8 Å². The fraction of sp³-hybridized carbons (Fsp3) is 0.250. The number of aromatic nitrogens is 2. The highest BCUT2D eigenvalue weighted by molar-refractivity contribution is 6.30. The van der Waals surface area contributed by atoms with Crippen LogP contribution in [-0.2, 0) is 0 Å². The summed E-state index contributed by atoms with van der Waals surface area (Å²) in [6.07, 6.45) is 1.84. The average molecular weight is 400 g/mol. The van der Waals surface area contributed by atoms with E-state index in [-0.39, 0.29) is 11.5 Å². The third-order valence-corrected chi connectivity index (χ3v) is 4.91. The lowest BCUT2D eigenvalue weighted by molar-refractivity contribution is 0.101. The van der Waals surface area contributed by atoms with E-state index in [2.05, 4.69) is 10.4 Å². The number of ether oxygens (including phenoxy) is 2. The van der Waals surface area contributed by atoms with Gasteiger partial charge in [0.1, 0.15) is 5.82 Å². The number of hydrogen-bond donors (Lipinski definition) is 1. The molecule has 1 saturated carbocycles. The van der Waals surface area contributed by atoms with Gasteiger partial charge in [-0.1, -0.05) is 11.6 Å². The molecule has 0 spiro atoms. The molecule has 1 aliphatic rings. The number of hydrogen-bond acceptors (Lipinski definition) is 5. The zero-order chi connectivity index (χ0) is 19.8. The first-order chi connectivity index (χ1) is 13.5. The van der Waals surface area contributed by atoms with Gasteiger partial charge in [-0.05, 0) is 43.2 Å². The van der Waals surface area contributed by atoms with Crippen molar-refractivity contribution >= 4 is 28.4 Å². The molecule has 1 N–H and O–H groups in total. The number of methoxy groups -OCH3 is 2. The molecule has 7 nitrogen and oxygen atoms in total. The molecule has 1 fully saturated rings. The summed E-state index contributed by atoms with van der Waals surface area (Å²) in [7, 11) is 3.02. The van der Waals surface area contributed by atoms with Gasteiger partial charge in [0.15, 0.2) is 11.5 Å². The minimum absolute atomic E-state index is 0.135. The van der Waals surface area contributed by atoms with E-state index in [4.69, 9.17) is 21.1 Å². The summed E-state index contributed by atoms with van der Waals surface area (Å²) in [4.78, 5) is 30.4. The molecule has 28 heavy (non-hydrogen) atoms. The number of benzene rings is 2. The molecule has 0 atom stereocenters. The minimum atomic E-state index is -0.415. The molecular formula is C20H18ClN3O4. The number of rotatable bonds is 5. The van der Waals surface area contributed by atoms with Gasteiger partial charge in [0.25, 0.3) is 11.5 Å². The molecule has 4 rings (SSSR count). The first kappa shape index (κ1) is 18.3. The number of carbonyl (C=O) groups is 1. The predicted molar refractivity (Wildman–Crippen MR) is 106 cm³/mol. The Labute approximate surface area is 165 Å². The van der Waals surface area contributed by atoms with E-state index >= 15 is 0 Å². The molecule has 2 aromatic carbocycles. The zero-order valence-corrected chi connectivity index (χ0v) is 16.1. The number of halogens is 1. The predicted octanol–water partition coefficient (Wildman–Crippen LogP) is 3.33. The van der Waals surface area contributed by atoms with Crippen molar-refractivity contribution in [1.82, 2.24) is 9.66 Å². The maximum Gasteiger partial charge on any atom is 0.280 e. The third-order valence-electron chi connectivity index (χ3n) is 4.66. The van der Waals surface area contributed by atoms with Gasteiger partial charge in [0, 0.05) is 22.6 Å². The fourth-order valence-corrected chi connectivity index (χ4v) is 3.15. The van der Waals surface area contributed by atoms with E-state index in [1.165, 1.54) is 18.9 Å². The van der Waals surface area contributed by atoms with E-state index in [1.54, 1.807) is 36.4 Å². The molecule has 1 aliphatic carbocycles. The molecule has 1 heterocycles. The van der Waals surface area contributed by atoms with Gasteiger partial charge in [0.05, 0.1) is 25.1 Å². The van der Waals surface area contributed by atoms with E-state index in [1.807, 2.05) is 0 Å². The molecule has 0 radical (unpaired) electrons. The van der Waals surface area contributed by atoms with Crippen molar-refractivity contribution in [2.45, 2.75) is 18.8 Å². The van der Waals surface area contributed by atoms with Crippen LogP contribution in [0.25, 0.3) is 10.9 Å². The van der Waals surface area contributed by atoms with Crippen molar-refractivity contribution in [3.05, 3.63) is 63.2 Å². The summed E-state index contributed by atoms with van der Waals surface area (Å²) in [5.74, 6) is 1.17. The number of fused-ring (bicyclic) bond motifs is 1. The number of amides is 1. The van der Waals surface area contributed by atoms with Gasteiger partial charge in [-0.25, -0.2) is 9.66 Å². The number of nitrogens with one attached hydrogen (secondary N) is 1. The highest BCUT2D eigenvalue weighted by atomic mass is 35.5. The maximum absolute atomic E-state index is 13.2. The Balaban J connectivity index is 1.83. The van der Waals surface area contributed by atoms with E-state index in [9.17, 15) is 9.59 Å². The molecule has 1 aromatic heterocycles. The van der Waals surface area contributed by atoms with Crippen LogP contribution in [0.1, 0.15) is 34.9 Å². The van der Waals surface area contributed by atoms with E-state index < -0.39 is 5.91 Å². The van der Waals surface area contributed by atoms with Crippen LogP contribution in [0.4, 0.5) is 0 Å². The minimum Gasteiger partial charge on any atom is -0.493 e. The van der Waals surface area contributed by atoms with Gasteiger partial charge in [-0.15, -0.1) is 0 Å². The van der Waals surface area contributed by atoms with Crippen LogP contribution >= 0.6 is 11.6 Å². The summed E-state index contributed by atoms with van der Waals surface area (Å²) >= 11 is 5.88. The second-order valence-electron chi connectivity index (χ2n) is 6.56. The van der Waals surface area contributed by atoms with Crippen molar-refractivity contribution in [3.63, 3.8) is 0 Å². The van der Waals surface area contributed by atoms with Crippen molar-refractivity contribution in [1.29, 1.82) is 0 Å². The first-order valence-corrected chi connectivity index (χ1v) is 9.15. The standard InChI is InChI=1S/C20H18ClN3O4/c1-27-16-9-14-15(10-17(16)28-2)22-18(11-3-4-11)24(20(14)26)23-19(25)12-5-7-13(21)8-6-12/h5-11H,3-4H2,1-2H3,(H,23,25). The highest BCUT2D eigenvalue weighted by Gasteiger charge is 2.30. The SMILES string of the molecule is COc1cc2nc(C3CC3)n(NC(=O)c3ccc(Cl)cc3)c(=O)c2cc1OC. The summed E-state index contributed by atoms with van der Waals surface area (Å²) < 4.78 is 11.8. The smallest absolute Gasteiger partial charge is 0.280 e. The van der Waals surface area contributed by atoms with Crippen LogP contribution in [0, 0.1) is 0 Å². The maximum atomic E-state index is 13.2. The Hall–Kier alpha value is -3.06. The van der Waals surface area contributed by atoms with Crippen molar-refractivity contribution in [2.75, 3.05) is 19.6 Å². The van der Waals surface area contributed by atoms with Crippen molar-refractivity contribution in [2.24, 2.45) is 0 Å². The Morgan fingerprint density at radius 3 is 2.39 bits per heavy atom. The Morgan fingerprint density at radius 1 is 1.14 bits per heavy atom. The summed E-state index contributed by atoms with van der Waals surface area (Å²) in [6, 6.07) is 9.69. The molecule has 0 saturated heterocycles. The summed E-state index contributed by atoms with van der Waals surface area (Å²) in [5, 5.41) is 0.860. The normalized spacial score (nSPS) is 13.4. The van der Waals surface area contributed by atoms with E-state index in [0.717, 1.165) is 12.8 Å². The van der Waals surface area contributed by atoms with Crippen LogP contribution < -0.4 is 20.5 Å². The first-order valence-electron chi connectivity index (χ1n) is 8.77. The van der Waals surface area contributed by atoms with Crippen molar-refractivity contribution < 1.29 is 14.3 Å². The van der Waals surface area contributed by atoms with Gasteiger partial charge < -0.3 is 9.47 Å². The molecule has 144 valence electrons. The van der Waals surface area contributed by atoms with Crippen molar-refractivity contribution in [3.8, 4) is 11.5 Å². The molecule has 0 unspecified atom stereocenters. The van der Waals surface area contributed by atoms with Gasteiger partial charge in [-0.2, -0.15) is 0 Å². The van der Waals surface area contributed by atoms with Gasteiger partial charge in [0.2, 0.25) is 0 Å². The van der Waals surface area contributed by atoms with Gasteiger partial charge in [-0.3, -0.25) is 15.0 Å². The molecule has 0 aliphatic heterocycles. The molecule has 3 aromatic rings. The third kappa shape index (κ3) is 3.29. The van der Waals surface area contributed by atoms with Crippen LogP contribution in [0.2, 0.25) is 5.02 Å². The van der Waals surface area contributed by atoms with Crippen LogP contribution in [0.3, 0.4) is 0 Å². The largest absolute Gasteiger partial charge is 0.493 e. The van der Waals surface area contributed by atoms with Crippen LogP contribution in [0.5, 0.6) is 11.5 Å². The van der Waals surface area contributed by atoms with Gasteiger partial charge >= 0.3 is 0 Å². The van der Waals surface area contributed by atoms with Crippen LogP contribution in [0.15, 0.2) is 41.2 Å². The second-order valence-corrected chi connectivity index (χ2v) is 6.99. The Morgan fingerprint density at radius 2 is 1.79 bits per heavy atom. The average Bonchev–Trinajstić information content (AvgIpc) is 3.54. The molecular weight excluding hydrogens is 382 g/mol. The number of nitrogens with zero attached hydrogens (tertiary/aromatic N) is 2. The Bertz CT molecular complexity index is 1120. The summed E-state index contributed by atoms with van der Waals surface area (Å²) in [6.45, 7) is 0. The molecule has 8 heteroatoms. The fourth-order valence-electron chi connectivity index (χ4n) is 3.02. The monoisotopic (exact) mass is 399 g/mol. The Kier molecular flexibility index (Phi) is 4.68. The lowest BCUT2D eigenvalue weighted by Crippen LogP contribution is -2.36. The summed E-state index contributed by atoms with van der Waals surface area (Å²) in [5.41, 5.74) is 3.21. The molecule has 0 bridgehead atoms. The van der Waals surface area contributed by atoms with E-state index in [0.29, 0.717) is 38.8 Å². The topological polar surface area (TPSA) is 82.5 Å². The number of carbonyl (C=O) groups excluding carboxylic acids is 1. The quantitative estimate of drug-likeness (QED) is 0.711. The second kappa shape index (κ2) is 7.16. The highest BCUT2D eigenvalue weighted by Crippen LogP contribution is 2.39. The zero-order valence-electron chi connectivity index (χ0n) is 15.4.